The topological polar surface area (TPSA) is 55.8 Å². The van der Waals surface area contributed by atoms with E-state index in [1.807, 2.05) is 13.8 Å². The molecule has 0 aromatic carbocycles. The molecular weight excluding hydrogens is 316 g/mol. The minimum Gasteiger partial charge on any atom is -0.469 e. The quantitative estimate of drug-likeness (QED) is 0.447. The largest absolute Gasteiger partial charge is 0.469 e. The molecule has 3 aliphatic rings. The molecule has 0 amide bonds. The van der Waals surface area contributed by atoms with Gasteiger partial charge < -0.3 is 4.74 Å². The highest BCUT2D eigenvalue weighted by Crippen LogP contribution is 2.62. The van der Waals surface area contributed by atoms with Crippen LogP contribution < -0.4 is 0 Å². The molecule has 1 N–H and O–H groups in total. The van der Waals surface area contributed by atoms with Gasteiger partial charge in [-0.1, -0.05) is 25.5 Å². The summed E-state index contributed by atoms with van der Waals surface area (Å²) in [6.07, 6.45) is 10.6. The lowest BCUT2D eigenvalue weighted by Crippen LogP contribution is -2.53. The lowest BCUT2D eigenvalue weighted by Gasteiger charge is -2.57. The van der Waals surface area contributed by atoms with Gasteiger partial charge in [0.1, 0.15) is 5.60 Å². The predicted molar refractivity (Wildman–Crippen MR) is 96.9 cm³/mol. The minimum absolute atomic E-state index is 0.0536. The number of hydrogen-bond acceptors (Lipinski definition) is 4. The van der Waals surface area contributed by atoms with E-state index in [0.717, 1.165) is 44.1 Å². The van der Waals surface area contributed by atoms with Crippen LogP contribution in [0.1, 0.15) is 66.2 Å². The van der Waals surface area contributed by atoms with Crippen molar-refractivity contribution in [3.8, 4) is 0 Å². The Kier molecular flexibility index (Phi) is 4.66. The van der Waals surface area contributed by atoms with Crippen LogP contribution in [0.2, 0.25) is 0 Å². The number of methoxy groups -OCH3 is 1. The van der Waals surface area contributed by atoms with Crippen LogP contribution in [0.5, 0.6) is 0 Å². The first-order chi connectivity index (χ1) is 11.7. The summed E-state index contributed by atoms with van der Waals surface area (Å²) in [5.41, 5.74) is 1.60. The van der Waals surface area contributed by atoms with Crippen molar-refractivity contribution in [2.45, 2.75) is 71.8 Å². The van der Waals surface area contributed by atoms with E-state index < -0.39 is 5.60 Å². The molecule has 0 aromatic heterocycles. The van der Waals surface area contributed by atoms with Gasteiger partial charge in [-0.05, 0) is 81.3 Å². The van der Waals surface area contributed by atoms with Crippen molar-refractivity contribution in [3.05, 3.63) is 23.3 Å². The smallest absolute Gasteiger partial charge is 0.311 e. The Bertz CT molecular complexity index is 617. The maximum atomic E-state index is 12.6. The fraction of sp³-hybridized carbons (Fsp3) is 0.762. The van der Waals surface area contributed by atoms with Crippen LogP contribution >= 0.6 is 0 Å². The zero-order chi connectivity index (χ0) is 18.5. The minimum atomic E-state index is -0.642. The summed E-state index contributed by atoms with van der Waals surface area (Å²) in [4.78, 5) is 17.3. The molecule has 0 saturated heterocycles. The molecule has 4 atom stereocenters. The Morgan fingerprint density at radius 2 is 2.04 bits per heavy atom. The van der Waals surface area contributed by atoms with Crippen molar-refractivity contribution in [1.82, 2.24) is 0 Å². The second kappa shape index (κ2) is 6.24. The van der Waals surface area contributed by atoms with Crippen LogP contribution in [-0.4, -0.2) is 23.9 Å². The van der Waals surface area contributed by atoms with Gasteiger partial charge >= 0.3 is 5.97 Å². The van der Waals surface area contributed by atoms with Gasteiger partial charge in [0.15, 0.2) is 0 Å². The summed E-state index contributed by atoms with van der Waals surface area (Å²) in [5.74, 6) is 0.739. The van der Waals surface area contributed by atoms with Crippen LogP contribution in [0.15, 0.2) is 23.3 Å². The maximum Gasteiger partial charge on any atom is 0.311 e. The third-order valence-electron chi connectivity index (χ3n) is 7.46. The van der Waals surface area contributed by atoms with Gasteiger partial charge in [-0.15, -0.1) is 0 Å². The molecule has 4 heteroatoms. The highest BCUT2D eigenvalue weighted by Gasteiger charge is 2.57. The van der Waals surface area contributed by atoms with E-state index in [9.17, 15) is 10.1 Å². The molecule has 0 spiro atoms. The van der Waals surface area contributed by atoms with E-state index >= 15 is 0 Å². The predicted octanol–water partition coefficient (Wildman–Crippen LogP) is 4.91. The first kappa shape index (κ1) is 18.7. The Labute approximate surface area is 151 Å². The molecule has 0 radical (unpaired) electrons. The summed E-state index contributed by atoms with van der Waals surface area (Å²) in [6.45, 7) is 8.29. The number of allylic oxidation sites excluding steroid dienone is 3. The second-order valence-electron chi connectivity index (χ2n) is 9.12. The van der Waals surface area contributed by atoms with Crippen molar-refractivity contribution in [2.75, 3.05) is 7.11 Å². The van der Waals surface area contributed by atoms with Gasteiger partial charge in [0.25, 0.3) is 0 Å². The Hall–Kier alpha value is -1.13. The average molecular weight is 348 g/mol. The first-order valence-electron chi connectivity index (χ1n) is 9.51. The number of ether oxygens (including phenoxy) is 1. The molecule has 0 aliphatic heterocycles. The fourth-order valence-electron chi connectivity index (χ4n) is 5.88. The number of fused-ring (bicyclic) bond motifs is 3. The van der Waals surface area contributed by atoms with Gasteiger partial charge in [0.2, 0.25) is 0 Å². The number of carbonyl (C=O) groups excluding carboxylic acids is 1. The molecule has 3 rings (SSSR count). The van der Waals surface area contributed by atoms with E-state index in [0.29, 0.717) is 11.8 Å². The molecule has 25 heavy (non-hydrogen) atoms. The SMILES string of the molecule is COC(=O)[C@]1(C)CCC[C@@]2(C)[C@H]1CC=C1C=C(C(C)(C)OO)CC[C@@H]12. The van der Waals surface area contributed by atoms with Crippen molar-refractivity contribution < 1.29 is 19.7 Å². The zero-order valence-electron chi connectivity index (χ0n) is 16.2. The van der Waals surface area contributed by atoms with Crippen molar-refractivity contribution in [3.63, 3.8) is 0 Å². The highest BCUT2D eigenvalue weighted by molar-refractivity contribution is 5.77. The highest BCUT2D eigenvalue weighted by atomic mass is 17.1. The molecule has 1 fully saturated rings. The summed E-state index contributed by atoms with van der Waals surface area (Å²) >= 11 is 0. The zero-order valence-corrected chi connectivity index (χ0v) is 16.2. The van der Waals surface area contributed by atoms with Crippen LogP contribution in [0.3, 0.4) is 0 Å². The Morgan fingerprint density at radius 1 is 1.32 bits per heavy atom. The molecule has 3 aliphatic carbocycles. The molecule has 0 unspecified atom stereocenters. The van der Waals surface area contributed by atoms with Crippen molar-refractivity contribution in [1.29, 1.82) is 0 Å². The summed E-state index contributed by atoms with van der Waals surface area (Å²) in [7, 11) is 1.51. The van der Waals surface area contributed by atoms with Crippen LogP contribution in [-0.2, 0) is 14.4 Å². The number of hydrogen-bond donors (Lipinski definition) is 1. The first-order valence-corrected chi connectivity index (χ1v) is 9.51. The second-order valence-corrected chi connectivity index (χ2v) is 9.12. The summed E-state index contributed by atoms with van der Waals surface area (Å²) in [5, 5.41) is 9.23. The third kappa shape index (κ3) is 2.78. The summed E-state index contributed by atoms with van der Waals surface area (Å²) < 4.78 is 5.18. The van der Waals surface area contributed by atoms with E-state index in [-0.39, 0.29) is 16.8 Å². The van der Waals surface area contributed by atoms with Gasteiger partial charge in [-0.2, -0.15) is 0 Å². The van der Waals surface area contributed by atoms with E-state index in [1.165, 1.54) is 12.7 Å². The molecule has 0 bridgehead atoms. The van der Waals surface area contributed by atoms with Gasteiger partial charge in [0, 0.05) is 0 Å². The monoisotopic (exact) mass is 348 g/mol. The standard InChI is InChI=1S/C21H32O4/c1-19(2,25-23)15-8-9-16-14(13-15)7-10-17-20(16,3)11-6-12-21(17,4)18(22)24-5/h7,13,16-17,23H,6,8-12H2,1-5H3/t16-,17+,20+,21+/m0/s1. The van der Waals surface area contributed by atoms with Crippen molar-refractivity contribution in [2.24, 2.45) is 22.7 Å². The third-order valence-corrected chi connectivity index (χ3v) is 7.46. The van der Waals surface area contributed by atoms with Crippen LogP contribution in [0.25, 0.3) is 0 Å². The van der Waals surface area contributed by atoms with Gasteiger partial charge in [-0.25, -0.2) is 4.89 Å². The van der Waals surface area contributed by atoms with E-state index in [2.05, 4.69) is 26.0 Å². The Balaban J connectivity index is 1.98. The molecule has 140 valence electrons. The molecular formula is C21H32O4. The fourth-order valence-corrected chi connectivity index (χ4v) is 5.88. The lowest BCUT2D eigenvalue weighted by atomic mass is 9.47. The molecule has 1 saturated carbocycles. The van der Waals surface area contributed by atoms with Gasteiger partial charge in [0.05, 0.1) is 12.5 Å². The van der Waals surface area contributed by atoms with Crippen LogP contribution in [0, 0.1) is 22.7 Å². The number of carbonyl (C=O) groups is 1. The van der Waals surface area contributed by atoms with E-state index in [1.54, 1.807) is 0 Å². The van der Waals surface area contributed by atoms with Gasteiger partial charge in [-0.3, -0.25) is 10.1 Å². The summed E-state index contributed by atoms with van der Waals surface area (Å²) in [6, 6.07) is 0. The Morgan fingerprint density at radius 3 is 2.68 bits per heavy atom. The number of rotatable bonds is 3. The molecule has 0 aromatic rings. The average Bonchev–Trinajstić information content (AvgIpc) is 2.60. The maximum absolute atomic E-state index is 12.6. The van der Waals surface area contributed by atoms with Crippen molar-refractivity contribution >= 4 is 5.97 Å². The molecule has 0 heterocycles. The molecule has 4 nitrogen and oxygen atoms in total. The van der Waals surface area contributed by atoms with E-state index in [4.69, 9.17) is 9.62 Å². The number of esters is 1. The normalized spacial score (nSPS) is 38.2. The lowest BCUT2D eigenvalue weighted by molar-refractivity contribution is -0.301. The van der Waals surface area contributed by atoms with Crippen LogP contribution in [0.4, 0.5) is 0 Å².